The quantitative estimate of drug-likeness (QED) is 0.678. The minimum atomic E-state index is 0.117. The van der Waals surface area contributed by atoms with Crippen molar-refractivity contribution in [3.63, 3.8) is 0 Å². The van der Waals surface area contributed by atoms with Crippen molar-refractivity contribution < 1.29 is 0 Å². The molecular weight excluding hydrogens is 400 g/mol. The Kier molecular flexibility index (Phi) is 2.63. The van der Waals surface area contributed by atoms with Crippen LogP contribution in [-0.4, -0.2) is 14.5 Å². The molecule has 1 aromatic carbocycles. The zero-order chi connectivity index (χ0) is 12.3. The molecule has 4 rings (SSSR count). The molecule has 1 N–H and O–H groups in total. The maximum Gasteiger partial charge on any atom is 0.119 e. The average Bonchev–Trinajstić information content (AvgIpc) is 2.98. The van der Waals surface area contributed by atoms with E-state index in [1.807, 2.05) is 0 Å². The van der Waals surface area contributed by atoms with Crippen LogP contribution in [0.5, 0.6) is 0 Å². The van der Waals surface area contributed by atoms with Crippen molar-refractivity contribution in [3.8, 4) is 0 Å². The van der Waals surface area contributed by atoms with Crippen LogP contribution >= 0.6 is 55.7 Å². The zero-order valence-corrected chi connectivity index (χ0v) is 13.5. The highest BCUT2D eigenvalue weighted by atomic mass is 79.9. The summed E-state index contributed by atoms with van der Waals surface area (Å²) in [5.74, 6) is 0. The van der Waals surface area contributed by atoms with E-state index in [1.54, 1.807) is 0 Å². The van der Waals surface area contributed by atoms with Gasteiger partial charge in [0.25, 0.3) is 0 Å². The zero-order valence-electron chi connectivity index (χ0n) is 8.65. The van der Waals surface area contributed by atoms with Gasteiger partial charge in [-0.2, -0.15) is 8.75 Å². The highest BCUT2D eigenvalue weighted by Crippen LogP contribution is 2.42. The number of fused-ring (bicyclic) bond motifs is 5. The standard InChI is InChI=1S/C10H4Br2N4S2/c11-5-1-3-4(8-9(5)15-18-14-8)2-6(12)10-7(3)13-17-16-10/h1-2,7,13H. The van der Waals surface area contributed by atoms with Gasteiger partial charge in [-0.1, -0.05) is 0 Å². The molecule has 0 radical (unpaired) electrons. The summed E-state index contributed by atoms with van der Waals surface area (Å²) >= 11 is 9.76. The molecule has 90 valence electrons. The molecule has 1 aliphatic carbocycles. The van der Waals surface area contributed by atoms with Crippen molar-refractivity contribution in [2.45, 2.75) is 6.04 Å². The lowest BCUT2D eigenvalue weighted by Gasteiger charge is -2.21. The van der Waals surface area contributed by atoms with Crippen molar-refractivity contribution in [2.24, 2.45) is 4.40 Å². The molecule has 18 heavy (non-hydrogen) atoms. The normalized spacial score (nSPS) is 21.6. The first-order valence-electron chi connectivity index (χ1n) is 5.07. The summed E-state index contributed by atoms with van der Waals surface area (Å²) < 4.78 is 18.4. The van der Waals surface area contributed by atoms with Crippen LogP contribution in [0.15, 0.2) is 19.4 Å². The number of hydrogen-bond acceptors (Lipinski definition) is 6. The molecule has 4 nitrogen and oxygen atoms in total. The monoisotopic (exact) mass is 402 g/mol. The van der Waals surface area contributed by atoms with Gasteiger partial charge in [-0.25, -0.2) is 9.12 Å². The minimum absolute atomic E-state index is 0.117. The number of aromatic nitrogens is 2. The molecule has 8 heteroatoms. The maximum absolute atomic E-state index is 4.40. The SMILES string of the molecule is BrC1=Cc2c(cc(Br)c3nsnc23)C2NSN=C12. The lowest BCUT2D eigenvalue weighted by molar-refractivity contribution is 0.899. The Morgan fingerprint density at radius 2 is 2.06 bits per heavy atom. The molecule has 0 amide bonds. The summed E-state index contributed by atoms with van der Waals surface area (Å²) in [7, 11) is 0. The summed E-state index contributed by atoms with van der Waals surface area (Å²) in [4.78, 5) is 0. The number of benzene rings is 1. The summed E-state index contributed by atoms with van der Waals surface area (Å²) in [6, 6.07) is 2.22. The van der Waals surface area contributed by atoms with E-state index >= 15 is 0 Å². The molecule has 0 spiro atoms. The first-order valence-corrected chi connectivity index (χ1v) is 8.16. The summed E-state index contributed by atoms with van der Waals surface area (Å²) in [5, 5.41) is 0. The van der Waals surface area contributed by atoms with Crippen LogP contribution in [-0.2, 0) is 0 Å². The smallest absolute Gasteiger partial charge is 0.119 e. The second-order valence-electron chi connectivity index (χ2n) is 3.93. The van der Waals surface area contributed by atoms with Crippen LogP contribution in [0.2, 0.25) is 0 Å². The molecule has 2 aromatic rings. The molecule has 0 bridgehead atoms. The third kappa shape index (κ3) is 1.50. The highest BCUT2D eigenvalue weighted by molar-refractivity contribution is 9.12. The third-order valence-corrected chi connectivity index (χ3v) is 5.38. The maximum atomic E-state index is 4.40. The van der Waals surface area contributed by atoms with Gasteiger partial charge in [-0.3, -0.25) is 0 Å². The van der Waals surface area contributed by atoms with E-state index in [-0.39, 0.29) is 6.04 Å². The Morgan fingerprint density at radius 1 is 1.22 bits per heavy atom. The molecule has 0 fully saturated rings. The number of halogens is 2. The predicted octanol–water partition coefficient (Wildman–Crippen LogP) is 3.85. The van der Waals surface area contributed by atoms with Gasteiger partial charge in [-0.05, 0) is 49.6 Å². The molecule has 1 atom stereocenters. The fourth-order valence-electron chi connectivity index (χ4n) is 2.16. The fourth-order valence-corrected chi connectivity index (χ4v) is 4.74. The summed E-state index contributed by atoms with van der Waals surface area (Å²) in [6.45, 7) is 0. The highest BCUT2D eigenvalue weighted by Gasteiger charge is 2.32. The number of rotatable bonds is 0. The summed E-state index contributed by atoms with van der Waals surface area (Å²) in [6.07, 6.45) is 2.08. The van der Waals surface area contributed by atoms with Crippen LogP contribution in [0.1, 0.15) is 17.2 Å². The van der Waals surface area contributed by atoms with Crippen molar-refractivity contribution in [3.05, 3.63) is 26.1 Å². The molecule has 1 unspecified atom stereocenters. The molecule has 2 heterocycles. The van der Waals surface area contributed by atoms with Gasteiger partial charge in [0, 0.05) is 14.5 Å². The lowest BCUT2D eigenvalue weighted by Crippen LogP contribution is -2.22. The van der Waals surface area contributed by atoms with Gasteiger partial charge in [0.05, 0.1) is 35.6 Å². The Balaban J connectivity index is 2.11. The number of hydrogen-bond donors (Lipinski definition) is 1. The first-order chi connectivity index (χ1) is 8.75. The Bertz CT molecular complexity index is 737. The van der Waals surface area contributed by atoms with Gasteiger partial charge in [0.1, 0.15) is 11.0 Å². The topological polar surface area (TPSA) is 50.2 Å². The van der Waals surface area contributed by atoms with Crippen LogP contribution in [0, 0.1) is 0 Å². The van der Waals surface area contributed by atoms with Crippen molar-refractivity contribution in [2.75, 3.05) is 0 Å². The van der Waals surface area contributed by atoms with E-state index in [9.17, 15) is 0 Å². The Labute approximate surface area is 128 Å². The fraction of sp³-hybridized carbons (Fsp3) is 0.100. The molecule has 2 aliphatic rings. The minimum Gasteiger partial charge on any atom is -0.231 e. The summed E-state index contributed by atoms with van der Waals surface area (Å²) in [5.41, 5.74) is 5.20. The Morgan fingerprint density at radius 3 is 2.94 bits per heavy atom. The second kappa shape index (κ2) is 4.11. The predicted molar refractivity (Wildman–Crippen MR) is 82.9 cm³/mol. The lowest BCUT2D eigenvalue weighted by atomic mass is 9.91. The van der Waals surface area contributed by atoms with E-state index in [2.05, 4.69) is 61.9 Å². The third-order valence-electron chi connectivity index (χ3n) is 2.98. The van der Waals surface area contributed by atoms with Gasteiger partial charge in [0.15, 0.2) is 0 Å². The molecule has 1 aliphatic heterocycles. The number of nitrogens with zero attached hydrogens (tertiary/aromatic N) is 3. The van der Waals surface area contributed by atoms with Gasteiger partial charge < -0.3 is 0 Å². The van der Waals surface area contributed by atoms with Crippen LogP contribution in [0.3, 0.4) is 0 Å². The molecular formula is C10H4Br2N4S2. The average molecular weight is 404 g/mol. The van der Waals surface area contributed by atoms with E-state index < -0.39 is 0 Å². The van der Waals surface area contributed by atoms with E-state index in [0.29, 0.717) is 0 Å². The van der Waals surface area contributed by atoms with E-state index in [4.69, 9.17) is 0 Å². The van der Waals surface area contributed by atoms with Gasteiger partial charge in [-0.15, -0.1) is 0 Å². The molecule has 0 saturated heterocycles. The van der Waals surface area contributed by atoms with Crippen molar-refractivity contribution >= 4 is 78.5 Å². The van der Waals surface area contributed by atoms with Gasteiger partial charge in [0.2, 0.25) is 0 Å². The molecule has 1 aromatic heterocycles. The van der Waals surface area contributed by atoms with Crippen LogP contribution in [0.4, 0.5) is 0 Å². The molecule has 0 saturated carbocycles. The second-order valence-corrected chi connectivity index (χ2v) is 6.77. The number of nitrogens with one attached hydrogen (secondary N) is 1. The Hall–Kier alpha value is -0.280. The van der Waals surface area contributed by atoms with Crippen LogP contribution in [0.25, 0.3) is 17.1 Å². The largest absolute Gasteiger partial charge is 0.231 e. The van der Waals surface area contributed by atoms with Gasteiger partial charge >= 0.3 is 0 Å². The van der Waals surface area contributed by atoms with Crippen molar-refractivity contribution in [1.82, 2.24) is 13.5 Å². The van der Waals surface area contributed by atoms with E-state index in [1.165, 1.54) is 29.4 Å². The van der Waals surface area contributed by atoms with E-state index in [0.717, 1.165) is 31.3 Å². The first kappa shape index (κ1) is 11.5. The van der Waals surface area contributed by atoms with Crippen molar-refractivity contribution in [1.29, 1.82) is 0 Å². The van der Waals surface area contributed by atoms with Crippen LogP contribution < -0.4 is 4.72 Å².